The second-order valence-electron chi connectivity index (χ2n) is 6.92. The van der Waals surface area contributed by atoms with Crippen molar-refractivity contribution in [2.24, 2.45) is 17.8 Å². The maximum atomic E-state index is 12.8. The molecule has 3 aliphatic rings. The highest BCUT2D eigenvalue weighted by atomic mass is 16.1. The summed E-state index contributed by atoms with van der Waals surface area (Å²) in [4.78, 5) is 25.5. The zero-order valence-electron chi connectivity index (χ0n) is 12.9. The molecule has 114 valence electrons. The molecule has 21 heavy (non-hydrogen) atoms. The largest absolute Gasteiger partial charge is 0.298 e. The first-order valence-electron chi connectivity index (χ1n) is 8.73. The smallest absolute Gasteiger partial charge is 0.162 e. The predicted octanol–water partition coefficient (Wildman–Crippen LogP) is 4.40. The Bertz CT molecular complexity index is 460. The van der Waals surface area contributed by atoms with Crippen LogP contribution < -0.4 is 0 Å². The van der Waals surface area contributed by atoms with E-state index in [1.165, 1.54) is 38.5 Å². The van der Waals surface area contributed by atoms with Crippen LogP contribution in [0.4, 0.5) is 0 Å². The zero-order valence-corrected chi connectivity index (χ0v) is 12.9. The first-order valence-corrected chi connectivity index (χ1v) is 8.73. The number of rotatable bonds is 4. The van der Waals surface area contributed by atoms with E-state index >= 15 is 0 Å². The van der Waals surface area contributed by atoms with Gasteiger partial charge in [-0.15, -0.1) is 0 Å². The van der Waals surface area contributed by atoms with Crippen molar-refractivity contribution in [1.82, 2.24) is 0 Å². The molecular weight excluding hydrogens is 260 g/mol. The molecular formula is C19H26O2. The van der Waals surface area contributed by atoms with Crippen LogP contribution in [0.1, 0.15) is 64.2 Å². The number of allylic oxidation sites excluding steroid dienone is 4. The Labute approximate surface area is 127 Å². The molecule has 2 heteroatoms. The summed E-state index contributed by atoms with van der Waals surface area (Å²) >= 11 is 0. The first-order chi connectivity index (χ1) is 10.3. The average Bonchev–Trinajstić information content (AvgIpc) is 3.04. The molecule has 0 aromatic heterocycles. The Balaban J connectivity index is 1.67. The van der Waals surface area contributed by atoms with E-state index in [0.717, 1.165) is 31.3 Å². The number of carbonyl (C=O) groups is 2. The lowest BCUT2D eigenvalue weighted by molar-refractivity contribution is -0.128. The minimum absolute atomic E-state index is 0.173. The minimum atomic E-state index is -0.234. The molecule has 0 radical (unpaired) electrons. The van der Waals surface area contributed by atoms with Crippen LogP contribution in [0.25, 0.3) is 0 Å². The summed E-state index contributed by atoms with van der Waals surface area (Å²) < 4.78 is 0. The fourth-order valence-electron chi connectivity index (χ4n) is 4.20. The summed E-state index contributed by atoms with van der Waals surface area (Å²) in [6.07, 6.45) is 17.0. The third kappa shape index (κ3) is 3.20. The predicted molar refractivity (Wildman–Crippen MR) is 83.9 cm³/mol. The van der Waals surface area contributed by atoms with Crippen molar-refractivity contribution < 1.29 is 9.59 Å². The third-order valence-corrected chi connectivity index (χ3v) is 5.49. The fraction of sp³-hybridized carbons (Fsp3) is 0.684. The van der Waals surface area contributed by atoms with Gasteiger partial charge < -0.3 is 0 Å². The molecule has 0 saturated heterocycles. The molecule has 2 saturated carbocycles. The standard InChI is InChI=1S/C19H26O2/c20-18(14-8-3-1-4-9-14)16-12-7-13-17(16)19(21)15-10-5-2-6-11-15/h7,12-16H,1-6,8-11H2. The summed E-state index contributed by atoms with van der Waals surface area (Å²) in [6, 6.07) is 0. The van der Waals surface area contributed by atoms with Crippen molar-refractivity contribution in [3.8, 4) is 0 Å². The molecule has 3 aliphatic carbocycles. The molecule has 0 N–H and O–H groups in total. The van der Waals surface area contributed by atoms with E-state index in [9.17, 15) is 9.59 Å². The van der Waals surface area contributed by atoms with Crippen LogP contribution in [0.15, 0.2) is 23.8 Å². The van der Waals surface area contributed by atoms with Crippen LogP contribution in [0.5, 0.6) is 0 Å². The molecule has 1 atom stereocenters. The maximum absolute atomic E-state index is 12.8. The number of hydrogen-bond acceptors (Lipinski definition) is 2. The van der Waals surface area contributed by atoms with Crippen molar-refractivity contribution in [3.05, 3.63) is 23.8 Å². The third-order valence-electron chi connectivity index (χ3n) is 5.49. The van der Waals surface area contributed by atoms with Gasteiger partial charge in [0.25, 0.3) is 0 Å². The summed E-state index contributed by atoms with van der Waals surface area (Å²) in [5.41, 5.74) is 0.789. The highest BCUT2D eigenvalue weighted by Gasteiger charge is 2.35. The topological polar surface area (TPSA) is 34.1 Å². The monoisotopic (exact) mass is 286 g/mol. The van der Waals surface area contributed by atoms with Gasteiger partial charge in [0.15, 0.2) is 5.78 Å². The average molecular weight is 286 g/mol. The van der Waals surface area contributed by atoms with E-state index in [2.05, 4.69) is 0 Å². The van der Waals surface area contributed by atoms with Crippen molar-refractivity contribution in [2.75, 3.05) is 0 Å². The second kappa shape index (κ2) is 6.72. The van der Waals surface area contributed by atoms with Gasteiger partial charge in [0.2, 0.25) is 0 Å². The van der Waals surface area contributed by atoms with Gasteiger partial charge in [-0.2, -0.15) is 0 Å². The van der Waals surface area contributed by atoms with E-state index in [1.807, 2.05) is 18.2 Å². The molecule has 3 rings (SSSR count). The van der Waals surface area contributed by atoms with Crippen LogP contribution in [-0.4, -0.2) is 11.6 Å². The van der Waals surface area contributed by atoms with E-state index in [0.29, 0.717) is 5.78 Å². The lowest BCUT2D eigenvalue weighted by Gasteiger charge is -2.26. The van der Waals surface area contributed by atoms with Gasteiger partial charge >= 0.3 is 0 Å². The van der Waals surface area contributed by atoms with Gasteiger partial charge in [0, 0.05) is 17.4 Å². The van der Waals surface area contributed by atoms with Crippen LogP contribution in [0.3, 0.4) is 0 Å². The quantitative estimate of drug-likeness (QED) is 0.767. The molecule has 2 nitrogen and oxygen atoms in total. The minimum Gasteiger partial charge on any atom is -0.298 e. The number of Topliss-reactive ketones (excluding diaryl/α,β-unsaturated/α-hetero) is 2. The fourth-order valence-corrected chi connectivity index (χ4v) is 4.20. The summed E-state index contributed by atoms with van der Waals surface area (Å²) in [7, 11) is 0. The number of carbonyl (C=O) groups excluding carboxylic acids is 2. The summed E-state index contributed by atoms with van der Waals surface area (Å²) in [5.74, 6) is 0.691. The zero-order chi connectivity index (χ0) is 14.7. The van der Waals surface area contributed by atoms with Gasteiger partial charge in [-0.1, -0.05) is 56.8 Å². The van der Waals surface area contributed by atoms with Gasteiger partial charge in [-0.25, -0.2) is 0 Å². The highest BCUT2D eigenvalue weighted by Crippen LogP contribution is 2.35. The number of hydrogen-bond donors (Lipinski definition) is 0. The van der Waals surface area contributed by atoms with Crippen molar-refractivity contribution >= 4 is 11.6 Å². The van der Waals surface area contributed by atoms with E-state index < -0.39 is 0 Å². The molecule has 0 aromatic rings. The highest BCUT2D eigenvalue weighted by molar-refractivity contribution is 6.05. The Morgan fingerprint density at radius 3 is 2.00 bits per heavy atom. The lowest BCUT2D eigenvalue weighted by Crippen LogP contribution is -2.30. The van der Waals surface area contributed by atoms with Gasteiger partial charge in [-0.05, 0) is 25.7 Å². The van der Waals surface area contributed by atoms with Crippen LogP contribution in [-0.2, 0) is 9.59 Å². The number of ketones is 2. The van der Waals surface area contributed by atoms with Gasteiger partial charge in [-0.3, -0.25) is 9.59 Å². The molecule has 2 fully saturated rings. The van der Waals surface area contributed by atoms with Crippen molar-refractivity contribution in [3.63, 3.8) is 0 Å². The molecule has 0 heterocycles. The van der Waals surface area contributed by atoms with Gasteiger partial charge in [0.1, 0.15) is 5.78 Å². The normalized spacial score (nSPS) is 27.6. The molecule has 0 bridgehead atoms. The van der Waals surface area contributed by atoms with Crippen LogP contribution in [0.2, 0.25) is 0 Å². The SMILES string of the molecule is O=C(C1=CC=CC1C(=O)C1CCCCC1)C1CCCCC1. The van der Waals surface area contributed by atoms with E-state index in [1.54, 1.807) is 0 Å². The van der Waals surface area contributed by atoms with Crippen molar-refractivity contribution in [1.29, 1.82) is 0 Å². The van der Waals surface area contributed by atoms with Crippen molar-refractivity contribution in [2.45, 2.75) is 64.2 Å². The maximum Gasteiger partial charge on any atom is 0.162 e. The summed E-state index contributed by atoms with van der Waals surface area (Å²) in [5, 5.41) is 0. The molecule has 0 amide bonds. The van der Waals surface area contributed by atoms with Gasteiger partial charge in [0.05, 0.1) is 5.92 Å². The second-order valence-corrected chi connectivity index (χ2v) is 6.92. The Morgan fingerprint density at radius 2 is 1.38 bits per heavy atom. The molecule has 0 spiro atoms. The van der Waals surface area contributed by atoms with Crippen LogP contribution >= 0.6 is 0 Å². The Kier molecular flexibility index (Phi) is 4.72. The molecule has 0 aliphatic heterocycles. The van der Waals surface area contributed by atoms with E-state index in [4.69, 9.17) is 0 Å². The Morgan fingerprint density at radius 1 is 0.810 bits per heavy atom. The Hall–Kier alpha value is -1.18. The first kappa shape index (κ1) is 14.7. The molecule has 1 unspecified atom stereocenters. The molecule has 0 aromatic carbocycles. The lowest BCUT2D eigenvalue weighted by atomic mass is 9.76. The van der Waals surface area contributed by atoms with Crippen LogP contribution in [0, 0.1) is 17.8 Å². The van der Waals surface area contributed by atoms with E-state index in [-0.39, 0.29) is 23.5 Å². The summed E-state index contributed by atoms with van der Waals surface area (Å²) in [6.45, 7) is 0.